The van der Waals surface area contributed by atoms with Crippen LogP contribution in [0.15, 0.2) is 12.2 Å². The largest absolute Gasteiger partial charge is 0.544 e. The lowest BCUT2D eigenvalue weighted by Gasteiger charge is -2.48. The van der Waals surface area contributed by atoms with Crippen LogP contribution in [0, 0.1) is 0 Å². The van der Waals surface area contributed by atoms with E-state index in [9.17, 15) is 29.7 Å². The number of allylic oxidation sites excluding steroid dienone is 2. The lowest BCUT2D eigenvalue weighted by molar-refractivity contribution is -0.959. The average molecular weight is 415 g/mol. The molecular formula is C21H38N2O6. The number of rotatable bonds is 17. The van der Waals surface area contributed by atoms with Crippen LogP contribution in [0.1, 0.15) is 65.7 Å². The van der Waals surface area contributed by atoms with Crippen LogP contribution in [0.25, 0.3) is 0 Å². The van der Waals surface area contributed by atoms with Gasteiger partial charge in [-0.25, -0.2) is 4.79 Å². The van der Waals surface area contributed by atoms with E-state index in [1.54, 1.807) is 0 Å². The number of carboxylic acid groups (broad SMARTS) is 2. The Morgan fingerprint density at radius 2 is 1.72 bits per heavy atom. The van der Waals surface area contributed by atoms with Crippen molar-refractivity contribution in [2.24, 2.45) is 0 Å². The number of hydrogen-bond acceptors (Lipinski definition) is 5. The van der Waals surface area contributed by atoms with Gasteiger partial charge in [0.25, 0.3) is 0 Å². The molecule has 0 spiro atoms. The van der Waals surface area contributed by atoms with Crippen molar-refractivity contribution in [3.63, 3.8) is 0 Å². The summed E-state index contributed by atoms with van der Waals surface area (Å²) in [6.07, 6.45) is 7.38. The van der Waals surface area contributed by atoms with Gasteiger partial charge in [-0.1, -0.05) is 32.4 Å². The Hall–Kier alpha value is -1.93. The van der Waals surface area contributed by atoms with Gasteiger partial charge in [0.05, 0.1) is 25.7 Å². The number of amides is 1. The van der Waals surface area contributed by atoms with Gasteiger partial charge in [0.2, 0.25) is 5.91 Å². The minimum atomic E-state index is -1.32. The molecule has 3 unspecified atom stereocenters. The van der Waals surface area contributed by atoms with Crippen molar-refractivity contribution in [1.82, 2.24) is 5.32 Å². The Labute approximate surface area is 174 Å². The zero-order chi connectivity index (χ0) is 22.3. The predicted molar refractivity (Wildman–Crippen MR) is 109 cm³/mol. The van der Waals surface area contributed by atoms with Gasteiger partial charge in [0.1, 0.15) is 12.6 Å². The number of carbonyl (C=O) groups excluding carboxylic acids is 2. The number of aliphatic carboxylic acids is 2. The maximum absolute atomic E-state index is 12.1. The standard InChI is InChI=1S/C21H38N2O6/c1-4-7-8-9-12-19(25)22-13-14-23(15-16-24,17(10-5-2)20(26)27)18(11-6-3)21(28)29/h4,7,17-18,24H,5-6,8-16H2,1-3H3,(H2-,22,25,26,27,28,29)/b7-4+. The normalized spacial score (nSPS) is 15.6. The van der Waals surface area contributed by atoms with Crippen molar-refractivity contribution >= 4 is 17.8 Å². The van der Waals surface area contributed by atoms with Gasteiger partial charge in [-0.05, 0) is 26.2 Å². The zero-order valence-electron chi connectivity index (χ0n) is 18.1. The Morgan fingerprint density at radius 3 is 2.21 bits per heavy atom. The molecular weight excluding hydrogens is 376 g/mol. The van der Waals surface area contributed by atoms with E-state index in [0.717, 1.165) is 6.42 Å². The molecule has 0 aromatic carbocycles. The summed E-state index contributed by atoms with van der Waals surface area (Å²) in [5.74, 6) is -2.57. The number of nitrogens with one attached hydrogen (secondary N) is 1. The first-order valence-electron chi connectivity index (χ1n) is 10.6. The van der Waals surface area contributed by atoms with E-state index in [1.807, 2.05) is 32.9 Å². The summed E-state index contributed by atoms with van der Waals surface area (Å²) in [7, 11) is 0. The molecule has 0 heterocycles. The van der Waals surface area contributed by atoms with E-state index in [1.165, 1.54) is 0 Å². The van der Waals surface area contributed by atoms with Gasteiger partial charge in [-0.15, -0.1) is 0 Å². The van der Waals surface area contributed by atoms with Gasteiger partial charge in [-0.3, -0.25) is 4.79 Å². The molecule has 8 nitrogen and oxygen atoms in total. The summed E-state index contributed by atoms with van der Waals surface area (Å²) in [4.78, 5) is 36.1. The highest BCUT2D eigenvalue weighted by Gasteiger charge is 2.47. The third kappa shape index (κ3) is 8.95. The summed E-state index contributed by atoms with van der Waals surface area (Å²) >= 11 is 0. The van der Waals surface area contributed by atoms with Crippen LogP contribution in [0.4, 0.5) is 0 Å². The maximum Gasteiger partial charge on any atom is 0.362 e. The van der Waals surface area contributed by atoms with Crippen LogP contribution >= 0.6 is 0 Å². The molecule has 8 heteroatoms. The Morgan fingerprint density at radius 1 is 1.10 bits per heavy atom. The maximum atomic E-state index is 12.1. The highest BCUT2D eigenvalue weighted by Crippen LogP contribution is 2.26. The zero-order valence-corrected chi connectivity index (χ0v) is 18.1. The molecule has 0 bridgehead atoms. The van der Waals surface area contributed by atoms with Crippen molar-refractivity contribution in [1.29, 1.82) is 0 Å². The highest BCUT2D eigenvalue weighted by atomic mass is 16.4. The SMILES string of the molecule is C/C=C/CCCC(=O)NCC[N+](CCO)(C(CCC)C(=O)[O-])C(CCC)C(=O)O. The minimum Gasteiger partial charge on any atom is -0.544 e. The summed E-state index contributed by atoms with van der Waals surface area (Å²) in [6, 6.07) is -2.06. The Kier molecular flexibility index (Phi) is 14.0. The van der Waals surface area contributed by atoms with Crippen LogP contribution in [0.3, 0.4) is 0 Å². The first-order chi connectivity index (χ1) is 13.8. The Bertz CT molecular complexity index is 511. The number of hydrogen-bond donors (Lipinski definition) is 3. The molecule has 0 saturated heterocycles. The van der Waals surface area contributed by atoms with E-state index in [4.69, 9.17) is 0 Å². The molecule has 0 aliphatic heterocycles. The fourth-order valence-corrected chi connectivity index (χ4v) is 3.91. The topological polar surface area (TPSA) is 127 Å². The second kappa shape index (κ2) is 15.0. The molecule has 3 N–H and O–H groups in total. The Balaban J connectivity index is 5.55. The molecule has 1 amide bonds. The second-order valence-electron chi connectivity index (χ2n) is 7.35. The van der Waals surface area contributed by atoms with Gasteiger partial charge >= 0.3 is 5.97 Å². The first-order valence-corrected chi connectivity index (χ1v) is 10.6. The monoisotopic (exact) mass is 414 g/mol. The summed E-state index contributed by atoms with van der Waals surface area (Å²) in [5, 5.41) is 34.2. The number of quaternary nitrogens is 1. The van der Waals surface area contributed by atoms with Crippen molar-refractivity contribution in [2.75, 3.05) is 26.2 Å². The molecule has 0 aromatic rings. The van der Waals surface area contributed by atoms with Crippen LogP contribution < -0.4 is 10.4 Å². The molecule has 0 aliphatic rings. The van der Waals surface area contributed by atoms with Crippen molar-refractivity contribution < 1.29 is 34.2 Å². The molecule has 0 rings (SSSR count). The number of aliphatic hydroxyl groups excluding tert-OH is 1. The lowest BCUT2D eigenvalue weighted by Crippen LogP contribution is -2.70. The molecule has 0 fully saturated rings. The van der Waals surface area contributed by atoms with Crippen LogP contribution in [0.2, 0.25) is 0 Å². The molecule has 0 aromatic heterocycles. The van der Waals surface area contributed by atoms with Crippen LogP contribution in [-0.4, -0.2) is 70.9 Å². The van der Waals surface area contributed by atoms with Gasteiger partial charge in [-0.2, -0.15) is 0 Å². The second-order valence-corrected chi connectivity index (χ2v) is 7.35. The smallest absolute Gasteiger partial charge is 0.362 e. The molecule has 0 saturated carbocycles. The molecule has 0 radical (unpaired) electrons. The van der Waals surface area contributed by atoms with E-state index in [2.05, 4.69) is 5.32 Å². The fraction of sp³-hybridized carbons (Fsp3) is 0.762. The van der Waals surface area contributed by atoms with E-state index in [-0.39, 0.29) is 49.5 Å². The van der Waals surface area contributed by atoms with E-state index < -0.39 is 24.0 Å². The first kappa shape index (κ1) is 27.1. The third-order valence-corrected chi connectivity index (χ3v) is 5.30. The number of carbonyl (C=O) groups is 3. The van der Waals surface area contributed by atoms with Crippen molar-refractivity contribution in [2.45, 2.75) is 77.8 Å². The van der Waals surface area contributed by atoms with Crippen LogP contribution in [-0.2, 0) is 14.4 Å². The molecule has 168 valence electrons. The fourth-order valence-electron chi connectivity index (χ4n) is 3.91. The quantitative estimate of drug-likeness (QED) is 0.184. The van der Waals surface area contributed by atoms with E-state index >= 15 is 0 Å². The summed E-state index contributed by atoms with van der Waals surface area (Å²) < 4.78 is -0.325. The van der Waals surface area contributed by atoms with Gasteiger partial charge in [0, 0.05) is 19.3 Å². The van der Waals surface area contributed by atoms with Crippen LogP contribution in [0.5, 0.6) is 0 Å². The average Bonchev–Trinajstić information content (AvgIpc) is 2.66. The van der Waals surface area contributed by atoms with Crippen molar-refractivity contribution in [3.8, 4) is 0 Å². The molecule has 29 heavy (non-hydrogen) atoms. The molecule has 0 aliphatic carbocycles. The van der Waals surface area contributed by atoms with Gasteiger partial charge in [0.15, 0.2) is 6.04 Å². The number of carboxylic acids is 2. The molecule has 3 atom stereocenters. The lowest BCUT2D eigenvalue weighted by atomic mass is 9.98. The summed E-state index contributed by atoms with van der Waals surface area (Å²) in [6.45, 7) is 5.46. The number of nitrogens with zero attached hydrogens (tertiary/aromatic N) is 1. The predicted octanol–water partition coefficient (Wildman–Crippen LogP) is 0.830. The summed E-state index contributed by atoms with van der Waals surface area (Å²) in [5.41, 5.74) is 0. The minimum absolute atomic E-state index is 0.0211. The number of unbranched alkanes of at least 4 members (excludes halogenated alkanes) is 1. The third-order valence-electron chi connectivity index (χ3n) is 5.30. The van der Waals surface area contributed by atoms with E-state index in [0.29, 0.717) is 25.7 Å². The number of aliphatic hydroxyl groups is 1. The highest BCUT2D eigenvalue weighted by molar-refractivity contribution is 5.76. The van der Waals surface area contributed by atoms with Crippen molar-refractivity contribution in [3.05, 3.63) is 12.2 Å². The van der Waals surface area contributed by atoms with Gasteiger partial charge < -0.3 is 29.9 Å².